The first kappa shape index (κ1) is 21.2. The molecule has 3 aromatic rings. The van der Waals surface area contributed by atoms with Crippen LogP contribution in [-0.2, 0) is 11.3 Å². The summed E-state index contributed by atoms with van der Waals surface area (Å²) in [6.45, 7) is 10.4. The number of rotatable bonds is 5. The van der Waals surface area contributed by atoms with E-state index in [0.29, 0.717) is 32.3 Å². The molecule has 2 aromatic carbocycles. The summed E-state index contributed by atoms with van der Waals surface area (Å²) in [5.41, 5.74) is 3.99. The number of aromatic nitrogens is 2. The highest BCUT2D eigenvalue weighted by Crippen LogP contribution is 2.26. The fraction of sp³-hybridized carbons (Fsp3) is 0.440. The van der Waals surface area contributed by atoms with Crippen LogP contribution in [-0.4, -0.2) is 45.8 Å². The van der Waals surface area contributed by atoms with Gasteiger partial charge in [0.25, 0.3) is 6.01 Å². The minimum Gasteiger partial charge on any atom is -0.464 e. The van der Waals surface area contributed by atoms with Gasteiger partial charge in [-0.3, -0.25) is 4.57 Å². The molecule has 0 N–H and O–H groups in total. The maximum Gasteiger partial charge on any atom is 0.410 e. The Hall–Kier alpha value is -3.02. The van der Waals surface area contributed by atoms with Crippen molar-refractivity contribution in [3.63, 3.8) is 0 Å². The van der Waals surface area contributed by atoms with Gasteiger partial charge >= 0.3 is 6.09 Å². The van der Waals surface area contributed by atoms with E-state index in [1.807, 2.05) is 39.0 Å². The van der Waals surface area contributed by atoms with Gasteiger partial charge < -0.3 is 14.4 Å². The fourth-order valence-corrected chi connectivity index (χ4v) is 3.93. The van der Waals surface area contributed by atoms with Crippen molar-refractivity contribution in [1.82, 2.24) is 14.5 Å². The monoisotopic (exact) mass is 421 g/mol. The van der Waals surface area contributed by atoms with Crippen molar-refractivity contribution in [3.05, 3.63) is 59.7 Å². The van der Waals surface area contributed by atoms with E-state index in [4.69, 9.17) is 14.5 Å². The van der Waals surface area contributed by atoms with Gasteiger partial charge in [-0.05, 0) is 57.4 Å². The number of imidazole rings is 1. The van der Waals surface area contributed by atoms with Crippen LogP contribution >= 0.6 is 0 Å². The Morgan fingerprint density at radius 2 is 1.87 bits per heavy atom. The molecule has 0 unspecified atom stereocenters. The molecule has 6 heteroatoms. The highest BCUT2D eigenvalue weighted by atomic mass is 16.6. The van der Waals surface area contributed by atoms with Crippen LogP contribution in [0.3, 0.4) is 0 Å². The second-order valence-electron chi connectivity index (χ2n) is 9.29. The lowest BCUT2D eigenvalue weighted by Gasteiger charge is -2.24. The largest absolute Gasteiger partial charge is 0.464 e. The van der Waals surface area contributed by atoms with Gasteiger partial charge in [0.05, 0.1) is 24.2 Å². The molecule has 1 fully saturated rings. The third-order valence-corrected chi connectivity index (χ3v) is 5.59. The maximum absolute atomic E-state index is 12.3. The summed E-state index contributed by atoms with van der Waals surface area (Å²) in [6.07, 6.45) is 0.652. The lowest BCUT2D eigenvalue weighted by molar-refractivity contribution is 0.0284. The summed E-state index contributed by atoms with van der Waals surface area (Å²) in [5, 5.41) is 0. The number of fused-ring (bicyclic) bond motifs is 1. The highest BCUT2D eigenvalue weighted by molar-refractivity contribution is 5.76. The average molecular weight is 422 g/mol. The third-order valence-electron chi connectivity index (χ3n) is 5.59. The van der Waals surface area contributed by atoms with Gasteiger partial charge in [-0.1, -0.05) is 36.4 Å². The number of carbonyl (C=O) groups excluding carboxylic acids is 1. The Labute approximate surface area is 183 Å². The molecule has 2 heterocycles. The van der Waals surface area contributed by atoms with Crippen LogP contribution in [0.2, 0.25) is 0 Å². The van der Waals surface area contributed by atoms with E-state index in [0.717, 1.165) is 17.5 Å². The quantitative estimate of drug-likeness (QED) is 0.580. The fourth-order valence-electron chi connectivity index (χ4n) is 3.93. The van der Waals surface area contributed by atoms with Crippen LogP contribution in [0, 0.1) is 12.8 Å². The van der Waals surface area contributed by atoms with Crippen molar-refractivity contribution in [3.8, 4) is 6.01 Å². The summed E-state index contributed by atoms with van der Waals surface area (Å²) in [6, 6.07) is 17.1. The molecule has 0 radical (unpaired) electrons. The van der Waals surface area contributed by atoms with Gasteiger partial charge in [-0.2, -0.15) is 4.98 Å². The van der Waals surface area contributed by atoms with E-state index in [-0.39, 0.29) is 12.0 Å². The van der Waals surface area contributed by atoms with Gasteiger partial charge in [0, 0.05) is 19.0 Å². The van der Waals surface area contributed by atoms with Crippen molar-refractivity contribution in [2.75, 3.05) is 19.7 Å². The van der Waals surface area contributed by atoms with E-state index >= 15 is 0 Å². The van der Waals surface area contributed by atoms with E-state index in [2.05, 4.69) is 41.8 Å². The van der Waals surface area contributed by atoms with Gasteiger partial charge in [0.2, 0.25) is 0 Å². The molecular weight excluding hydrogens is 390 g/mol. The molecule has 1 aromatic heterocycles. The molecule has 1 saturated heterocycles. The number of para-hydroxylation sites is 2. The number of amides is 1. The number of carbonyl (C=O) groups is 1. The van der Waals surface area contributed by atoms with Gasteiger partial charge in [0.15, 0.2) is 0 Å². The van der Waals surface area contributed by atoms with Crippen molar-refractivity contribution in [2.45, 2.75) is 46.3 Å². The van der Waals surface area contributed by atoms with Crippen LogP contribution in [0.25, 0.3) is 11.0 Å². The summed E-state index contributed by atoms with van der Waals surface area (Å²) in [7, 11) is 0. The zero-order chi connectivity index (χ0) is 22.0. The molecule has 1 atom stereocenters. The van der Waals surface area contributed by atoms with E-state index in [1.165, 1.54) is 11.1 Å². The number of aryl methyl sites for hydroxylation is 1. The molecule has 4 rings (SSSR count). The second-order valence-corrected chi connectivity index (χ2v) is 9.29. The van der Waals surface area contributed by atoms with Crippen molar-refractivity contribution < 1.29 is 14.3 Å². The van der Waals surface area contributed by atoms with Crippen molar-refractivity contribution in [2.24, 2.45) is 5.92 Å². The first-order valence-electron chi connectivity index (χ1n) is 10.9. The molecule has 0 saturated carbocycles. The number of hydrogen-bond acceptors (Lipinski definition) is 4. The minimum atomic E-state index is -0.480. The Bertz CT molecular complexity index is 1070. The van der Waals surface area contributed by atoms with Gasteiger partial charge in [0.1, 0.15) is 5.60 Å². The van der Waals surface area contributed by atoms with E-state index in [1.54, 1.807) is 4.90 Å². The predicted octanol–water partition coefficient (Wildman–Crippen LogP) is 5.03. The molecule has 1 aliphatic rings. The first-order valence-corrected chi connectivity index (χ1v) is 10.9. The standard InChI is InChI=1S/C25H31N3O3/c1-18-9-5-6-10-20(18)16-28-22-12-8-7-11-21(22)26-23(28)30-17-19-13-14-27(15-19)24(29)31-25(2,3)4/h5-12,19H,13-17H2,1-4H3/t19-/m1/s1. The van der Waals surface area contributed by atoms with Crippen LogP contribution in [0.4, 0.5) is 4.79 Å². The molecule has 1 amide bonds. The van der Waals surface area contributed by atoms with E-state index in [9.17, 15) is 4.79 Å². The summed E-state index contributed by atoms with van der Waals surface area (Å²) in [5.74, 6) is 0.263. The third kappa shape index (κ3) is 5.01. The number of hydrogen-bond donors (Lipinski definition) is 0. The summed E-state index contributed by atoms with van der Waals surface area (Å²) in [4.78, 5) is 18.8. The lowest BCUT2D eigenvalue weighted by Crippen LogP contribution is -2.35. The zero-order valence-corrected chi connectivity index (χ0v) is 18.8. The SMILES string of the molecule is Cc1ccccc1Cn1c(OC[C@@H]2CCN(C(=O)OC(C)(C)C)C2)nc2ccccc21. The molecule has 164 valence electrons. The van der Waals surface area contributed by atoms with Crippen molar-refractivity contribution in [1.29, 1.82) is 0 Å². The second kappa shape index (κ2) is 8.61. The summed E-state index contributed by atoms with van der Waals surface area (Å²) >= 11 is 0. The molecular formula is C25H31N3O3. The Morgan fingerprint density at radius 1 is 1.13 bits per heavy atom. The Kier molecular flexibility index (Phi) is 5.90. The minimum absolute atomic E-state index is 0.248. The summed E-state index contributed by atoms with van der Waals surface area (Å²) < 4.78 is 13.9. The van der Waals surface area contributed by atoms with Crippen molar-refractivity contribution >= 4 is 17.1 Å². The normalized spacial score (nSPS) is 16.6. The molecule has 0 bridgehead atoms. The van der Waals surface area contributed by atoms with Gasteiger partial charge in [-0.15, -0.1) is 0 Å². The lowest BCUT2D eigenvalue weighted by atomic mass is 10.1. The molecule has 0 aliphatic carbocycles. The van der Waals surface area contributed by atoms with Crippen LogP contribution in [0.5, 0.6) is 6.01 Å². The van der Waals surface area contributed by atoms with Crippen LogP contribution < -0.4 is 4.74 Å². The highest BCUT2D eigenvalue weighted by Gasteiger charge is 2.30. The van der Waals surface area contributed by atoms with E-state index < -0.39 is 5.60 Å². The van der Waals surface area contributed by atoms with Crippen LogP contribution in [0.1, 0.15) is 38.3 Å². The average Bonchev–Trinajstić information content (AvgIpc) is 3.32. The Balaban J connectivity index is 1.47. The maximum atomic E-state index is 12.3. The zero-order valence-electron chi connectivity index (χ0n) is 18.8. The molecule has 1 aliphatic heterocycles. The topological polar surface area (TPSA) is 56.6 Å². The first-order chi connectivity index (χ1) is 14.8. The molecule has 6 nitrogen and oxygen atoms in total. The predicted molar refractivity (Wildman–Crippen MR) is 121 cm³/mol. The number of ether oxygens (including phenoxy) is 2. The molecule has 31 heavy (non-hydrogen) atoms. The number of benzene rings is 2. The van der Waals surface area contributed by atoms with Gasteiger partial charge in [-0.25, -0.2) is 4.79 Å². The smallest absolute Gasteiger partial charge is 0.410 e. The molecule has 0 spiro atoms. The Morgan fingerprint density at radius 3 is 2.65 bits per heavy atom. The van der Waals surface area contributed by atoms with Crippen LogP contribution in [0.15, 0.2) is 48.5 Å². The number of nitrogens with zero attached hydrogens (tertiary/aromatic N) is 3. The number of likely N-dealkylation sites (tertiary alicyclic amines) is 1.